The molecule has 1 aliphatic heterocycles. The first-order valence-electron chi connectivity index (χ1n) is 10.0. The summed E-state index contributed by atoms with van der Waals surface area (Å²) in [6.07, 6.45) is 0. The van der Waals surface area contributed by atoms with E-state index in [1.807, 2.05) is 73.3 Å². The number of carbonyl (C=O) groups is 2. The number of hydrogen-bond donors (Lipinski definition) is 1. The van der Waals surface area contributed by atoms with Gasteiger partial charge in [0.15, 0.2) is 0 Å². The highest BCUT2D eigenvalue weighted by Crippen LogP contribution is 2.17. The van der Waals surface area contributed by atoms with Gasteiger partial charge in [-0.25, -0.2) is 0 Å². The molecule has 1 N–H and O–H groups in total. The van der Waals surface area contributed by atoms with Crippen molar-refractivity contribution in [2.45, 2.75) is 13.5 Å². The summed E-state index contributed by atoms with van der Waals surface area (Å²) >= 11 is 0. The average Bonchev–Trinajstić information content (AvgIpc) is 2.73. The van der Waals surface area contributed by atoms with Gasteiger partial charge in [-0.3, -0.25) is 9.59 Å². The number of rotatable bonds is 6. The van der Waals surface area contributed by atoms with Crippen LogP contribution in [0, 0.1) is 6.92 Å². The van der Waals surface area contributed by atoms with E-state index in [0.717, 1.165) is 29.9 Å². The maximum atomic E-state index is 13.4. The van der Waals surface area contributed by atoms with Crippen molar-refractivity contribution in [2.24, 2.45) is 0 Å². The first-order valence-corrected chi connectivity index (χ1v) is 10.0. The molecule has 0 aliphatic carbocycles. The molecule has 2 amide bonds. The summed E-state index contributed by atoms with van der Waals surface area (Å²) in [7, 11) is 3.89. The lowest BCUT2D eigenvalue weighted by molar-refractivity contribution is -0.132. The lowest BCUT2D eigenvalue weighted by Crippen LogP contribution is -2.50. The molecule has 1 saturated heterocycles. The summed E-state index contributed by atoms with van der Waals surface area (Å²) in [4.78, 5) is 31.7. The van der Waals surface area contributed by atoms with Gasteiger partial charge < -0.3 is 20.0 Å². The summed E-state index contributed by atoms with van der Waals surface area (Å²) in [6, 6.07) is 15.6. The molecule has 0 spiro atoms. The molecular weight excluding hydrogens is 364 g/mol. The van der Waals surface area contributed by atoms with Gasteiger partial charge in [0.2, 0.25) is 5.91 Å². The third-order valence-electron chi connectivity index (χ3n) is 5.15. The van der Waals surface area contributed by atoms with Gasteiger partial charge >= 0.3 is 0 Å². The zero-order chi connectivity index (χ0) is 20.8. The highest BCUT2D eigenvalue weighted by molar-refractivity contribution is 5.97. The Kier molecular flexibility index (Phi) is 6.88. The molecule has 154 valence electrons. The number of aryl methyl sites for hydroxylation is 1. The Balaban J connectivity index is 1.83. The third kappa shape index (κ3) is 5.57. The Labute approximate surface area is 173 Å². The van der Waals surface area contributed by atoms with Gasteiger partial charge in [-0.15, -0.1) is 0 Å². The van der Waals surface area contributed by atoms with Crippen LogP contribution in [0.3, 0.4) is 0 Å². The monoisotopic (exact) mass is 394 g/mol. The van der Waals surface area contributed by atoms with Crippen LogP contribution in [0.25, 0.3) is 0 Å². The van der Waals surface area contributed by atoms with Crippen LogP contribution in [0.15, 0.2) is 48.5 Å². The van der Waals surface area contributed by atoms with Gasteiger partial charge in [0.05, 0.1) is 0 Å². The lowest BCUT2D eigenvalue weighted by atomic mass is 10.1. The number of amides is 2. The summed E-state index contributed by atoms with van der Waals surface area (Å²) in [5.74, 6) is -0.130. The lowest BCUT2D eigenvalue weighted by Gasteiger charge is -2.30. The zero-order valence-electron chi connectivity index (χ0n) is 17.5. The number of hydrogen-bond acceptors (Lipinski definition) is 4. The van der Waals surface area contributed by atoms with Crippen LogP contribution in [0.1, 0.15) is 21.5 Å². The molecule has 0 saturated carbocycles. The van der Waals surface area contributed by atoms with Crippen LogP contribution < -0.4 is 10.2 Å². The highest BCUT2D eigenvalue weighted by atomic mass is 16.2. The summed E-state index contributed by atoms with van der Waals surface area (Å²) < 4.78 is 0. The minimum Gasteiger partial charge on any atom is -0.378 e. The molecule has 2 aromatic rings. The molecule has 0 bridgehead atoms. The second kappa shape index (κ2) is 9.56. The van der Waals surface area contributed by atoms with Crippen LogP contribution in [-0.4, -0.2) is 68.4 Å². The first-order chi connectivity index (χ1) is 13.9. The fourth-order valence-electron chi connectivity index (χ4n) is 3.51. The maximum absolute atomic E-state index is 13.4. The smallest absolute Gasteiger partial charge is 0.254 e. The predicted octanol–water partition coefficient (Wildman–Crippen LogP) is 2.14. The van der Waals surface area contributed by atoms with Crippen LogP contribution in [0.4, 0.5) is 5.69 Å². The number of nitrogens with one attached hydrogen (secondary N) is 1. The topological polar surface area (TPSA) is 55.9 Å². The van der Waals surface area contributed by atoms with Gasteiger partial charge in [0.1, 0.15) is 6.54 Å². The molecule has 2 aromatic carbocycles. The van der Waals surface area contributed by atoms with E-state index in [1.54, 1.807) is 4.90 Å². The Bertz CT molecular complexity index is 859. The SMILES string of the molecule is Cc1cccc(CN(CC(=O)N2CCNCC2)C(=O)c2cccc(N(C)C)c2)c1. The number of piperazine rings is 1. The minimum atomic E-state index is -0.126. The number of anilines is 1. The van der Waals surface area contributed by atoms with Gasteiger partial charge in [-0.1, -0.05) is 35.9 Å². The molecule has 1 heterocycles. The van der Waals surface area contributed by atoms with Crippen LogP contribution >= 0.6 is 0 Å². The van der Waals surface area contributed by atoms with Crippen LogP contribution in [0.2, 0.25) is 0 Å². The van der Waals surface area contributed by atoms with Gasteiger partial charge in [0, 0.05) is 58.1 Å². The summed E-state index contributed by atoms with van der Waals surface area (Å²) in [6.45, 7) is 5.47. The predicted molar refractivity (Wildman–Crippen MR) is 116 cm³/mol. The van der Waals surface area contributed by atoms with Crippen LogP contribution in [0.5, 0.6) is 0 Å². The molecule has 6 heteroatoms. The minimum absolute atomic E-state index is 0.00346. The molecule has 0 unspecified atom stereocenters. The second-order valence-corrected chi connectivity index (χ2v) is 7.73. The molecular formula is C23H30N4O2. The zero-order valence-corrected chi connectivity index (χ0v) is 17.5. The van der Waals surface area contributed by atoms with Crippen molar-refractivity contribution in [3.05, 3.63) is 65.2 Å². The van der Waals surface area contributed by atoms with Crippen molar-refractivity contribution in [2.75, 3.05) is 51.7 Å². The Morgan fingerprint density at radius 2 is 1.76 bits per heavy atom. The van der Waals surface area contributed by atoms with E-state index >= 15 is 0 Å². The van der Waals surface area contributed by atoms with Gasteiger partial charge in [-0.05, 0) is 30.7 Å². The quantitative estimate of drug-likeness (QED) is 0.816. The Morgan fingerprint density at radius 1 is 1.03 bits per heavy atom. The number of carbonyl (C=O) groups excluding carboxylic acids is 2. The van der Waals surface area contributed by atoms with E-state index in [-0.39, 0.29) is 18.4 Å². The summed E-state index contributed by atoms with van der Waals surface area (Å²) in [5, 5.41) is 3.26. The number of benzene rings is 2. The van der Waals surface area contributed by atoms with Crippen molar-refractivity contribution in [1.82, 2.24) is 15.1 Å². The third-order valence-corrected chi connectivity index (χ3v) is 5.15. The second-order valence-electron chi connectivity index (χ2n) is 7.73. The molecule has 29 heavy (non-hydrogen) atoms. The van der Waals surface area contributed by atoms with Crippen molar-refractivity contribution in [3.8, 4) is 0 Å². The molecule has 0 atom stereocenters. The first kappa shape index (κ1) is 20.9. The van der Waals surface area contributed by atoms with E-state index in [1.165, 1.54) is 0 Å². The van der Waals surface area contributed by atoms with E-state index < -0.39 is 0 Å². The molecule has 0 aromatic heterocycles. The largest absolute Gasteiger partial charge is 0.378 e. The normalized spacial score (nSPS) is 13.8. The van der Waals surface area contributed by atoms with Crippen molar-refractivity contribution in [3.63, 3.8) is 0 Å². The molecule has 6 nitrogen and oxygen atoms in total. The average molecular weight is 395 g/mol. The van der Waals surface area contributed by atoms with E-state index in [0.29, 0.717) is 25.2 Å². The fraction of sp³-hybridized carbons (Fsp3) is 0.391. The van der Waals surface area contributed by atoms with Gasteiger partial charge in [0.25, 0.3) is 5.91 Å². The van der Waals surface area contributed by atoms with Gasteiger partial charge in [-0.2, -0.15) is 0 Å². The molecule has 0 radical (unpaired) electrons. The Hall–Kier alpha value is -2.86. The molecule has 1 fully saturated rings. The number of nitrogens with zero attached hydrogens (tertiary/aromatic N) is 3. The summed E-state index contributed by atoms with van der Waals surface area (Å²) in [5.41, 5.74) is 3.71. The van der Waals surface area contributed by atoms with Crippen molar-refractivity contribution >= 4 is 17.5 Å². The standard InChI is InChI=1S/C23H30N4O2/c1-18-6-4-7-19(14-18)16-27(17-22(28)26-12-10-24-11-13-26)23(29)20-8-5-9-21(15-20)25(2)3/h4-9,14-15,24H,10-13,16-17H2,1-3H3. The van der Waals surface area contributed by atoms with E-state index in [2.05, 4.69) is 11.4 Å². The maximum Gasteiger partial charge on any atom is 0.254 e. The van der Waals surface area contributed by atoms with E-state index in [9.17, 15) is 9.59 Å². The van der Waals surface area contributed by atoms with E-state index in [4.69, 9.17) is 0 Å². The molecule has 1 aliphatic rings. The van der Waals surface area contributed by atoms with Crippen LogP contribution in [-0.2, 0) is 11.3 Å². The molecule has 3 rings (SSSR count). The Morgan fingerprint density at radius 3 is 2.45 bits per heavy atom. The highest BCUT2D eigenvalue weighted by Gasteiger charge is 2.24. The fourth-order valence-corrected chi connectivity index (χ4v) is 3.51. The van der Waals surface area contributed by atoms with Crippen molar-refractivity contribution in [1.29, 1.82) is 0 Å². The van der Waals surface area contributed by atoms with Crippen molar-refractivity contribution < 1.29 is 9.59 Å².